The lowest BCUT2D eigenvalue weighted by molar-refractivity contribution is 0.570. The van der Waals surface area contributed by atoms with Crippen LogP contribution in [0.3, 0.4) is 0 Å². The van der Waals surface area contributed by atoms with Gasteiger partial charge in [-0.2, -0.15) is 0 Å². The van der Waals surface area contributed by atoms with Crippen LogP contribution in [0.25, 0.3) is 0 Å². The van der Waals surface area contributed by atoms with Crippen molar-refractivity contribution in [1.82, 2.24) is 0 Å². The van der Waals surface area contributed by atoms with E-state index in [2.05, 4.69) is 0 Å². The van der Waals surface area contributed by atoms with Crippen LogP contribution in [-0.4, -0.2) is 6.54 Å². The van der Waals surface area contributed by atoms with Crippen molar-refractivity contribution in [2.75, 3.05) is 6.54 Å². The maximum Gasteiger partial charge on any atom is 0.144 e. The van der Waals surface area contributed by atoms with Crippen molar-refractivity contribution in [1.29, 1.82) is 0 Å². The van der Waals surface area contributed by atoms with Gasteiger partial charge in [0.2, 0.25) is 0 Å². The Morgan fingerprint density at radius 3 is 2.54 bits per heavy atom. The molecule has 0 amide bonds. The molecule has 0 aliphatic carbocycles. The zero-order chi connectivity index (χ0) is 9.84. The van der Waals surface area contributed by atoms with Gasteiger partial charge in [-0.1, -0.05) is 11.6 Å². The second-order valence-electron chi connectivity index (χ2n) is 2.75. The largest absolute Gasteiger partial charge is 0.330 e. The molecule has 2 N–H and O–H groups in total. The number of aryl methyl sites for hydroxylation is 1. The summed E-state index contributed by atoms with van der Waals surface area (Å²) >= 11 is 5.49. The molecule has 0 fully saturated rings. The van der Waals surface area contributed by atoms with E-state index in [0.29, 0.717) is 24.9 Å². The summed E-state index contributed by atoms with van der Waals surface area (Å²) in [7, 11) is 0. The molecule has 0 heterocycles. The van der Waals surface area contributed by atoms with Crippen LogP contribution in [-0.2, 0) is 6.42 Å². The first-order chi connectivity index (χ1) is 6.15. The molecule has 0 aliphatic rings. The van der Waals surface area contributed by atoms with Gasteiger partial charge in [-0.25, -0.2) is 8.78 Å². The van der Waals surface area contributed by atoms with Crippen molar-refractivity contribution in [3.63, 3.8) is 0 Å². The van der Waals surface area contributed by atoms with Crippen LogP contribution in [0.5, 0.6) is 0 Å². The predicted molar refractivity (Wildman–Crippen MR) is 48.7 cm³/mol. The number of hydrogen-bond acceptors (Lipinski definition) is 1. The van der Waals surface area contributed by atoms with Gasteiger partial charge in [0.1, 0.15) is 11.6 Å². The molecule has 1 nitrogen and oxygen atoms in total. The fraction of sp³-hybridized carbons (Fsp3) is 0.333. The van der Waals surface area contributed by atoms with Gasteiger partial charge in [-0.05, 0) is 31.0 Å². The van der Waals surface area contributed by atoms with E-state index >= 15 is 0 Å². The van der Waals surface area contributed by atoms with Crippen LogP contribution in [0.4, 0.5) is 8.78 Å². The lowest BCUT2D eigenvalue weighted by Gasteiger charge is -2.03. The molecule has 13 heavy (non-hydrogen) atoms. The summed E-state index contributed by atoms with van der Waals surface area (Å²) in [6, 6.07) is 2.11. The SMILES string of the molecule is NCCCc1cc(Cl)c(F)cc1F. The van der Waals surface area contributed by atoms with Gasteiger partial charge in [0.25, 0.3) is 0 Å². The molecular weight excluding hydrogens is 196 g/mol. The number of nitrogens with two attached hydrogens (primary N) is 1. The molecule has 0 saturated carbocycles. The monoisotopic (exact) mass is 205 g/mol. The Kier molecular flexibility index (Phi) is 3.63. The standard InChI is InChI=1S/C9H10ClF2N/c10-7-4-6(2-1-3-13)8(11)5-9(7)12/h4-5H,1-3,13H2. The Morgan fingerprint density at radius 1 is 1.23 bits per heavy atom. The van der Waals surface area contributed by atoms with Gasteiger partial charge >= 0.3 is 0 Å². The fourth-order valence-electron chi connectivity index (χ4n) is 1.05. The molecule has 72 valence electrons. The van der Waals surface area contributed by atoms with Crippen molar-refractivity contribution < 1.29 is 8.78 Å². The van der Waals surface area contributed by atoms with E-state index in [4.69, 9.17) is 17.3 Å². The molecule has 0 bridgehead atoms. The molecule has 1 rings (SSSR count). The first-order valence-electron chi connectivity index (χ1n) is 3.98. The summed E-state index contributed by atoms with van der Waals surface area (Å²) in [4.78, 5) is 0. The normalized spacial score (nSPS) is 10.5. The number of benzene rings is 1. The van der Waals surface area contributed by atoms with Crippen LogP contribution < -0.4 is 5.73 Å². The van der Waals surface area contributed by atoms with Gasteiger partial charge in [0.15, 0.2) is 0 Å². The van der Waals surface area contributed by atoms with Gasteiger partial charge in [-0.15, -0.1) is 0 Å². The third-order valence-electron chi connectivity index (χ3n) is 1.74. The lowest BCUT2D eigenvalue weighted by Crippen LogP contribution is -2.02. The maximum absolute atomic E-state index is 13.0. The highest BCUT2D eigenvalue weighted by Gasteiger charge is 2.07. The Balaban J connectivity index is 2.88. The number of rotatable bonds is 3. The molecule has 1 aromatic rings. The minimum Gasteiger partial charge on any atom is -0.330 e. The van der Waals surface area contributed by atoms with E-state index in [9.17, 15) is 8.78 Å². The highest BCUT2D eigenvalue weighted by atomic mass is 35.5. The average Bonchev–Trinajstić information content (AvgIpc) is 2.09. The molecular formula is C9H10ClF2N. The molecule has 0 aromatic heterocycles. The van der Waals surface area contributed by atoms with Crippen LogP contribution in [0.15, 0.2) is 12.1 Å². The predicted octanol–water partition coefficient (Wildman–Crippen LogP) is 2.51. The van der Waals surface area contributed by atoms with Crippen molar-refractivity contribution in [3.05, 3.63) is 34.4 Å². The summed E-state index contributed by atoms with van der Waals surface area (Å²) in [5.41, 5.74) is 5.68. The molecule has 0 unspecified atom stereocenters. The van der Waals surface area contributed by atoms with Gasteiger partial charge in [0.05, 0.1) is 5.02 Å². The molecule has 0 aliphatic heterocycles. The second-order valence-corrected chi connectivity index (χ2v) is 3.16. The van der Waals surface area contributed by atoms with Crippen LogP contribution in [0.2, 0.25) is 5.02 Å². The van der Waals surface area contributed by atoms with E-state index in [-0.39, 0.29) is 5.02 Å². The summed E-state index contributed by atoms with van der Waals surface area (Å²) in [5.74, 6) is -1.29. The molecule has 0 atom stereocenters. The zero-order valence-corrected chi connectivity index (χ0v) is 7.74. The molecule has 0 spiro atoms. The number of halogens is 3. The molecule has 1 aromatic carbocycles. The molecule has 0 saturated heterocycles. The van der Waals surface area contributed by atoms with E-state index < -0.39 is 11.6 Å². The van der Waals surface area contributed by atoms with Crippen molar-refractivity contribution >= 4 is 11.6 Å². The van der Waals surface area contributed by atoms with Crippen molar-refractivity contribution in [2.24, 2.45) is 5.73 Å². The Hall–Kier alpha value is -0.670. The zero-order valence-electron chi connectivity index (χ0n) is 6.99. The van der Waals surface area contributed by atoms with E-state index in [0.717, 1.165) is 6.07 Å². The average molecular weight is 206 g/mol. The van der Waals surface area contributed by atoms with E-state index in [1.807, 2.05) is 0 Å². The first-order valence-corrected chi connectivity index (χ1v) is 4.36. The third-order valence-corrected chi connectivity index (χ3v) is 2.03. The summed E-state index contributed by atoms with van der Waals surface area (Å²) < 4.78 is 25.7. The Bertz CT molecular complexity index is 302. The first kappa shape index (κ1) is 10.4. The van der Waals surface area contributed by atoms with Crippen LogP contribution >= 0.6 is 11.6 Å². The lowest BCUT2D eigenvalue weighted by atomic mass is 10.1. The van der Waals surface area contributed by atoms with E-state index in [1.165, 1.54) is 6.07 Å². The highest BCUT2D eigenvalue weighted by molar-refractivity contribution is 6.30. The van der Waals surface area contributed by atoms with Gasteiger partial charge < -0.3 is 5.73 Å². The maximum atomic E-state index is 13.0. The van der Waals surface area contributed by atoms with Crippen molar-refractivity contribution in [3.8, 4) is 0 Å². The Morgan fingerprint density at radius 2 is 1.92 bits per heavy atom. The highest BCUT2D eigenvalue weighted by Crippen LogP contribution is 2.20. The van der Waals surface area contributed by atoms with Crippen molar-refractivity contribution in [2.45, 2.75) is 12.8 Å². The minimum atomic E-state index is -0.726. The summed E-state index contributed by atoms with van der Waals surface area (Å²) in [6.45, 7) is 0.481. The van der Waals surface area contributed by atoms with Crippen LogP contribution in [0, 0.1) is 11.6 Å². The second kappa shape index (κ2) is 4.53. The van der Waals surface area contributed by atoms with Gasteiger partial charge in [0, 0.05) is 6.07 Å². The molecule has 0 radical (unpaired) electrons. The quantitative estimate of drug-likeness (QED) is 0.754. The van der Waals surface area contributed by atoms with Crippen LogP contribution in [0.1, 0.15) is 12.0 Å². The number of hydrogen-bond donors (Lipinski definition) is 1. The fourth-order valence-corrected chi connectivity index (χ4v) is 1.23. The minimum absolute atomic E-state index is 0.0478. The Labute approximate surface area is 80.5 Å². The smallest absolute Gasteiger partial charge is 0.144 e. The van der Waals surface area contributed by atoms with E-state index in [1.54, 1.807) is 0 Å². The molecule has 4 heteroatoms. The third kappa shape index (κ3) is 2.64. The summed E-state index contributed by atoms with van der Waals surface area (Å²) in [5, 5.41) is -0.0478. The topological polar surface area (TPSA) is 26.0 Å². The summed E-state index contributed by atoms with van der Waals surface area (Å²) in [6.07, 6.45) is 1.15. The van der Waals surface area contributed by atoms with Gasteiger partial charge in [-0.3, -0.25) is 0 Å².